The lowest BCUT2D eigenvalue weighted by molar-refractivity contribution is -0.361. The summed E-state index contributed by atoms with van der Waals surface area (Å²) in [5.74, 6) is -2.91. The topological polar surface area (TPSA) is 427 Å². The maximum Gasteiger partial charge on any atom is 0.397 e. The lowest BCUT2D eigenvalue weighted by Crippen LogP contribution is -2.71. The highest BCUT2D eigenvalue weighted by atomic mass is 32.3. The first-order valence-corrected chi connectivity index (χ1v) is 26.8. The van der Waals surface area contributed by atoms with E-state index in [1.54, 1.807) is 0 Å². The van der Waals surface area contributed by atoms with Crippen LogP contribution in [0.25, 0.3) is 0 Å². The van der Waals surface area contributed by atoms with Crippen molar-refractivity contribution in [3.05, 3.63) is 12.2 Å². The van der Waals surface area contributed by atoms with Gasteiger partial charge in [0, 0.05) is 27.2 Å². The molecule has 0 spiro atoms. The van der Waals surface area contributed by atoms with E-state index in [4.69, 9.17) is 33.2 Å². The predicted octanol–water partition coefficient (Wildman–Crippen LogP) is -4.11. The number of hydrogen-bond acceptors (Lipinski definition) is 23. The van der Waals surface area contributed by atoms with Crippen molar-refractivity contribution in [1.29, 1.82) is 0 Å². The van der Waals surface area contributed by atoms with Gasteiger partial charge in [-0.15, -0.1) is 0 Å². The first-order chi connectivity index (χ1) is 35.5. The zero-order valence-electron chi connectivity index (χ0n) is 42.6. The van der Waals surface area contributed by atoms with Gasteiger partial charge >= 0.3 is 10.4 Å². The maximum atomic E-state index is 13.3. The molecule has 0 aromatic carbocycles. The van der Waals surface area contributed by atoms with Crippen LogP contribution < -0.4 is 21.3 Å². The lowest BCUT2D eigenvalue weighted by Gasteiger charge is -2.51. The molecule has 0 saturated carbocycles. The Kier molecular flexibility index (Phi) is 27.0. The van der Waals surface area contributed by atoms with E-state index >= 15 is 0 Å². The van der Waals surface area contributed by atoms with Crippen LogP contribution in [0.2, 0.25) is 0 Å². The van der Waals surface area contributed by atoms with E-state index in [0.29, 0.717) is 6.42 Å². The minimum atomic E-state index is -5.15. The van der Waals surface area contributed by atoms with E-state index in [1.165, 1.54) is 25.7 Å². The molecule has 0 aliphatic carbocycles. The van der Waals surface area contributed by atoms with Crippen molar-refractivity contribution < 1.29 is 115 Å². The van der Waals surface area contributed by atoms with Gasteiger partial charge in [-0.2, -0.15) is 8.42 Å². The summed E-state index contributed by atoms with van der Waals surface area (Å²) in [6.45, 7) is 1.40. The van der Waals surface area contributed by atoms with Gasteiger partial charge in [0.05, 0.1) is 26.4 Å². The van der Waals surface area contributed by atoms with Crippen LogP contribution in [0.3, 0.4) is 0 Å². The van der Waals surface area contributed by atoms with Crippen LogP contribution in [0, 0.1) is 0 Å². The standard InChI is InChI=1S/C46H80N4O24S/c1-5-6-7-8-9-10-11-12-13-14-15-16-17-18-30(57)50-32-36(59)35(58)26(19-51)69-44(32)72-40-27(20-52)70-45(33(38(40)61)48-24(3)55)73-41-28(21-53)71-46(34(39(41)62)49-25(4)56)74-42-29(22-67-75(64,65)66)68-43(63)31(37(42)60)47-23(2)54/h10-11,26-29,31-46,51-53,58-63H,5-9,12-22H2,1-4H3,(H,47,54)(H,48,55)(H,49,56)(H,50,57)(H,64,65,66)/b11-10-/t26?,27?,28?,29?,31?,32-,33?,34?,35+,36+,37+,38+,39+,40+,41+,42+,43+,44?,45-,46-/m0/s1. The highest BCUT2D eigenvalue weighted by Crippen LogP contribution is 2.35. The molecule has 0 aromatic heterocycles. The largest absolute Gasteiger partial charge is 0.397 e. The van der Waals surface area contributed by atoms with Crippen LogP contribution in [0.15, 0.2) is 12.2 Å². The molecule has 4 aliphatic heterocycles. The SMILES string of the molecule is CCCCCC/C=C\CCCCCCCC(=O)N[C@@H]1C(O[C@@H]2C(CO)O[C@@H](O[C@@H]3C(CO)O[C@@H](O[C@@H]4C(COS(=O)(=O)O)O[C@@H](O)C(NC(C)=O)[C@H]4O)C(NC(C)=O)[C@H]3O)C(NC(C)=O)[C@H]2O)OC(CO)[C@@H](O)[C@@H]1O. The van der Waals surface area contributed by atoms with Crippen LogP contribution in [-0.4, -0.2) is 232 Å². The fourth-order valence-corrected chi connectivity index (χ4v) is 9.64. The molecule has 4 heterocycles. The van der Waals surface area contributed by atoms with Gasteiger partial charge < -0.3 is 100 Å². The smallest absolute Gasteiger partial charge is 0.394 e. The fraction of sp³-hybridized carbons (Fsp3) is 0.870. The van der Waals surface area contributed by atoms with E-state index in [2.05, 4.69) is 44.5 Å². The maximum absolute atomic E-state index is 13.3. The molecule has 0 aromatic rings. The second kappa shape index (κ2) is 31.4. The zero-order chi connectivity index (χ0) is 55.6. The molecule has 4 saturated heterocycles. The first kappa shape index (κ1) is 64.4. The molecule has 434 valence electrons. The number of allylic oxidation sites excluding steroid dienone is 2. The summed E-state index contributed by atoms with van der Waals surface area (Å²) in [5.41, 5.74) is 0. The number of rotatable bonds is 29. The number of nitrogens with one attached hydrogen (secondary N) is 4. The highest BCUT2D eigenvalue weighted by molar-refractivity contribution is 7.80. The summed E-state index contributed by atoms with van der Waals surface area (Å²) < 4.78 is 77.9. The van der Waals surface area contributed by atoms with E-state index < -0.39 is 183 Å². The summed E-state index contributed by atoms with van der Waals surface area (Å²) in [4.78, 5) is 50.5. The van der Waals surface area contributed by atoms with Gasteiger partial charge in [0.2, 0.25) is 23.6 Å². The summed E-state index contributed by atoms with van der Waals surface area (Å²) >= 11 is 0. The van der Waals surface area contributed by atoms with Crippen molar-refractivity contribution in [2.45, 2.75) is 227 Å². The number of unbranched alkanes of at least 4 members (excludes halogenated alkanes) is 9. The number of aliphatic hydroxyl groups is 9. The molecule has 0 bridgehead atoms. The van der Waals surface area contributed by atoms with Crippen molar-refractivity contribution in [3.8, 4) is 0 Å². The Morgan fingerprint density at radius 1 is 0.507 bits per heavy atom. The Morgan fingerprint density at radius 2 is 0.907 bits per heavy atom. The highest BCUT2D eigenvalue weighted by Gasteiger charge is 2.56. The molecular weight excluding hydrogens is 1020 g/mol. The fourth-order valence-electron chi connectivity index (χ4n) is 9.34. The van der Waals surface area contributed by atoms with Gasteiger partial charge in [0.1, 0.15) is 97.4 Å². The quantitative estimate of drug-likeness (QED) is 0.0192. The van der Waals surface area contributed by atoms with Gasteiger partial charge in [-0.05, 0) is 32.1 Å². The third-order valence-electron chi connectivity index (χ3n) is 13.1. The molecule has 20 atom stereocenters. The molecule has 29 heteroatoms. The Bertz CT molecular complexity index is 1910. The van der Waals surface area contributed by atoms with E-state index in [-0.39, 0.29) is 6.42 Å². The van der Waals surface area contributed by atoms with Crippen LogP contribution in [0.4, 0.5) is 0 Å². The minimum absolute atomic E-state index is 0.0269. The average molecular weight is 1110 g/mol. The van der Waals surface area contributed by atoms with Crippen molar-refractivity contribution in [2.24, 2.45) is 0 Å². The Balaban J connectivity index is 1.50. The molecular formula is C46H80N4O24S. The summed E-state index contributed by atoms with van der Waals surface area (Å²) in [7, 11) is -5.15. The molecule has 4 fully saturated rings. The zero-order valence-corrected chi connectivity index (χ0v) is 43.4. The normalized spacial score (nSPS) is 36.5. The third-order valence-corrected chi connectivity index (χ3v) is 13.6. The van der Waals surface area contributed by atoms with Crippen LogP contribution in [-0.2, 0) is 66.9 Å². The van der Waals surface area contributed by atoms with Gasteiger partial charge in [0.15, 0.2) is 25.2 Å². The second-order valence-electron chi connectivity index (χ2n) is 19.1. The molecule has 0 radical (unpaired) electrons. The van der Waals surface area contributed by atoms with Crippen molar-refractivity contribution in [3.63, 3.8) is 0 Å². The summed E-state index contributed by atoms with van der Waals surface area (Å²) in [6, 6.07) is -6.58. The third kappa shape index (κ3) is 19.3. The summed E-state index contributed by atoms with van der Waals surface area (Å²) in [6.07, 6.45) is -13.5. The number of carbonyl (C=O) groups is 4. The van der Waals surface area contributed by atoms with Crippen molar-refractivity contribution in [2.75, 3.05) is 26.4 Å². The predicted molar refractivity (Wildman–Crippen MR) is 255 cm³/mol. The van der Waals surface area contributed by atoms with Gasteiger partial charge in [-0.25, -0.2) is 4.18 Å². The molecule has 14 N–H and O–H groups in total. The van der Waals surface area contributed by atoms with Crippen LogP contribution in [0.5, 0.6) is 0 Å². The number of aliphatic hydroxyl groups excluding tert-OH is 9. The Hall–Kier alpha value is -3.15. The van der Waals surface area contributed by atoms with Gasteiger partial charge in [0.25, 0.3) is 0 Å². The van der Waals surface area contributed by atoms with E-state index in [9.17, 15) is 78.1 Å². The first-order valence-electron chi connectivity index (χ1n) is 25.4. The van der Waals surface area contributed by atoms with Gasteiger partial charge in [-0.1, -0.05) is 57.6 Å². The average Bonchev–Trinajstić information content (AvgIpc) is 3.34. The molecule has 28 nitrogen and oxygen atoms in total. The monoisotopic (exact) mass is 1100 g/mol. The second-order valence-corrected chi connectivity index (χ2v) is 20.2. The number of ether oxygens (including phenoxy) is 7. The molecule has 75 heavy (non-hydrogen) atoms. The summed E-state index contributed by atoms with van der Waals surface area (Å²) in [5, 5.41) is 109. The van der Waals surface area contributed by atoms with Crippen LogP contribution in [0.1, 0.15) is 105 Å². The minimum Gasteiger partial charge on any atom is -0.394 e. The van der Waals surface area contributed by atoms with E-state index in [0.717, 1.165) is 59.3 Å². The molecule has 4 rings (SSSR count). The lowest BCUT2D eigenvalue weighted by atomic mass is 9.93. The molecule has 4 amide bonds. The van der Waals surface area contributed by atoms with Crippen LogP contribution >= 0.6 is 0 Å². The van der Waals surface area contributed by atoms with E-state index in [1.807, 2.05) is 0 Å². The number of amides is 4. The molecule has 4 aliphatic rings. The molecule has 8 unspecified atom stereocenters. The Labute approximate surface area is 435 Å². The van der Waals surface area contributed by atoms with Gasteiger partial charge in [-0.3, -0.25) is 23.7 Å². The number of carbonyl (C=O) groups excluding carboxylic acids is 4. The number of hydrogen-bond donors (Lipinski definition) is 14. The van der Waals surface area contributed by atoms with Crippen molar-refractivity contribution in [1.82, 2.24) is 21.3 Å². The van der Waals surface area contributed by atoms with Crippen molar-refractivity contribution >= 4 is 34.0 Å². The Morgan fingerprint density at radius 3 is 1.36 bits per heavy atom.